The van der Waals surface area contributed by atoms with Gasteiger partial charge in [0.25, 0.3) is 0 Å². The highest BCUT2D eigenvalue weighted by Gasteiger charge is 2.17. The van der Waals surface area contributed by atoms with Gasteiger partial charge in [0.15, 0.2) is 0 Å². The van der Waals surface area contributed by atoms with Gasteiger partial charge in [-0.1, -0.05) is 198 Å². The van der Waals surface area contributed by atoms with Gasteiger partial charge in [0.1, 0.15) is 0 Å². The summed E-state index contributed by atoms with van der Waals surface area (Å²) in [5.41, 5.74) is 21.0. The van der Waals surface area contributed by atoms with Crippen LogP contribution < -0.4 is 4.90 Å². The van der Waals surface area contributed by atoms with E-state index in [4.69, 9.17) is 0 Å². The lowest BCUT2D eigenvalue weighted by Crippen LogP contribution is -2.09. The van der Waals surface area contributed by atoms with Crippen molar-refractivity contribution >= 4 is 54.8 Å². The summed E-state index contributed by atoms with van der Waals surface area (Å²) in [4.78, 5) is 2.34. The lowest BCUT2D eigenvalue weighted by Gasteiger charge is -2.26. The summed E-state index contributed by atoms with van der Waals surface area (Å²) >= 11 is 3.92. The molecule has 11 aromatic carbocycles. The van der Waals surface area contributed by atoms with E-state index in [0.717, 1.165) is 49.5 Å². The fourth-order valence-electron chi connectivity index (χ4n) is 9.76. The molecule has 0 radical (unpaired) electrons. The average molecular weight is 946 g/mol. The molecule has 0 fully saturated rings. The molecule has 0 bridgehead atoms. The number of benzene rings is 11. The number of rotatable bonds is 10. The molecule has 0 saturated carbocycles. The number of fused-ring (bicyclic) bond motifs is 3. The van der Waals surface area contributed by atoms with Gasteiger partial charge >= 0.3 is 0 Å². The van der Waals surface area contributed by atoms with Crippen LogP contribution in [0.4, 0.5) is 17.1 Å². The fraction of sp³-hybridized carbons (Fsp3) is 0. The first kappa shape index (κ1) is 41.9. The fourth-order valence-corrected chi connectivity index (χ4v) is 10.3. The normalized spacial score (nSPS) is 11.3. The zero-order valence-corrected chi connectivity index (χ0v) is 39.3. The van der Waals surface area contributed by atoms with Crippen molar-refractivity contribution in [2.75, 3.05) is 4.90 Å². The standard InChI is InChI=1S/C66H45BrN2/c67-58-42-56(53-27-35-61(36-28-53)68(59-31-21-50(22-32-59)46-13-5-1-6-14-46)60-33-23-51(24-34-60)47-15-7-2-8-16-47)41-57(43-58)55-30-40-66-64(45-55)63-44-54(49-19-11-4-12-20-49)29-39-65(63)69(66)62-37-25-52(26-38-62)48-17-9-3-10-18-48/h1-45H. The van der Waals surface area contributed by atoms with Gasteiger partial charge in [0.2, 0.25) is 0 Å². The minimum Gasteiger partial charge on any atom is -0.311 e. The lowest BCUT2D eigenvalue weighted by molar-refractivity contribution is 1.18. The second-order valence-electron chi connectivity index (χ2n) is 17.5. The highest BCUT2D eigenvalue weighted by Crippen LogP contribution is 2.41. The number of halogens is 1. The smallest absolute Gasteiger partial charge is 0.0541 e. The third kappa shape index (κ3) is 8.35. The molecule has 0 atom stereocenters. The van der Waals surface area contributed by atoms with E-state index in [2.05, 4.69) is 298 Å². The topological polar surface area (TPSA) is 8.17 Å². The molecule has 3 heteroatoms. The Kier molecular flexibility index (Phi) is 11.1. The van der Waals surface area contributed by atoms with Crippen molar-refractivity contribution in [2.24, 2.45) is 0 Å². The highest BCUT2D eigenvalue weighted by molar-refractivity contribution is 9.10. The van der Waals surface area contributed by atoms with Gasteiger partial charge in [-0.05, 0) is 158 Å². The second kappa shape index (κ2) is 18.3. The number of anilines is 3. The Balaban J connectivity index is 0.912. The van der Waals surface area contributed by atoms with Crippen molar-refractivity contribution in [2.45, 2.75) is 0 Å². The maximum Gasteiger partial charge on any atom is 0.0541 e. The Hall–Kier alpha value is -8.50. The van der Waals surface area contributed by atoms with Gasteiger partial charge < -0.3 is 9.47 Å². The Labute approximate surface area is 411 Å². The third-order valence-electron chi connectivity index (χ3n) is 13.3. The zero-order chi connectivity index (χ0) is 46.1. The van der Waals surface area contributed by atoms with Crippen LogP contribution in [0, 0.1) is 0 Å². The first-order valence-corrected chi connectivity index (χ1v) is 24.2. The van der Waals surface area contributed by atoms with Crippen LogP contribution in [0.2, 0.25) is 0 Å². The van der Waals surface area contributed by atoms with Gasteiger partial charge in [-0.15, -0.1) is 0 Å². The van der Waals surface area contributed by atoms with Gasteiger partial charge in [-0.3, -0.25) is 0 Å². The molecule has 0 aliphatic rings. The molecule has 69 heavy (non-hydrogen) atoms. The molecule has 0 unspecified atom stereocenters. The molecule has 0 aliphatic heterocycles. The van der Waals surface area contributed by atoms with E-state index in [9.17, 15) is 0 Å². The number of hydrogen-bond donors (Lipinski definition) is 0. The zero-order valence-electron chi connectivity index (χ0n) is 37.8. The van der Waals surface area contributed by atoms with Crippen LogP contribution in [0.25, 0.3) is 94.3 Å². The monoisotopic (exact) mass is 944 g/mol. The quantitative estimate of drug-likeness (QED) is 0.133. The summed E-state index contributed by atoms with van der Waals surface area (Å²) < 4.78 is 3.44. The predicted molar refractivity (Wildman–Crippen MR) is 296 cm³/mol. The Morgan fingerprint density at radius 1 is 0.246 bits per heavy atom. The van der Waals surface area contributed by atoms with Crippen LogP contribution in [-0.2, 0) is 0 Å². The number of aromatic nitrogens is 1. The van der Waals surface area contributed by atoms with Crippen molar-refractivity contribution in [3.05, 3.63) is 277 Å². The minimum atomic E-state index is 1.03. The van der Waals surface area contributed by atoms with Crippen LogP contribution in [0.1, 0.15) is 0 Å². The molecule has 1 heterocycles. The first-order valence-electron chi connectivity index (χ1n) is 23.4. The largest absolute Gasteiger partial charge is 0.311 e. The maximum atomic E-state index is 3.92. The molecule has 0 N–H and O–H groups in total. The first-order chi connectivity index (χ1) is 34.1. The van der Waals surface area contributed by atoms with E-state index >= 15 is 0 Å². The molecular formula is C66H45BrN2. The summed E-state index contributed by atoms with van der Waals surface area (Å²) in [7, 11) is 0. The van der Waals surface area contributed by atoms with E-state index in [0.29, 0.717) is 0 Å². The molecule has 0 amide bonds. The average Bonchev–Trinajstić information content (AvgIpc) is 3.75. The van der Waals surface area contributed by atoms with Crippen molar-refractivity contribution in [1.29, 1.82) is 0 Å². The van der Waals surface area contributed by atoms with Gasteiger partial charge in [0.05, 0.1) is 11.0 Å². The number of nitrogens with zero attached hydrogens (tertiary/aromatic N) is 2. The summed E-state index contributed by atoms with van der Waals surface area (Å²) in [6.45, 7) is 0. The molecule has 0 saturated heterocycles. The van der Waals surface area contributed by atoms with E-state index in [1.807, 2.05) is 0 Å². The Morgan fingerprint density at radius 2 is 0.536 bits per heavy atom. The van der Waals surface area contributed by atoms with E-state index in [-0.39, 0.29) is 0 Å². The van der Waals surface area contributed by atoms with Crippen molar-refractivity contribution in [3.8, 4) is 72.4 Å². The molecule has 12 rings (SSSR count). The van der Waals surface area contributed by atoms with E-state index in [1.54, 1.807) is 0 Å². The molecule has 0 spiro atoms. The van der Waals surface area contributed by atoms with Gasteiger partial charge in [-0.2, -0.15) is 0 Å². The van der Waals surface area contributed by atoms with Crippen LogP contribution >= 0.6 is 15.9 Å². The summed E-state index contributed by atoms with van der Waals surface area (Å²) in [6, 6.07) is 98.7. The van der Waals surface area contributed by atoms with Crippen molar-refractivity contribution in [1.82, 2.24) is 4.57 Å². The third-order valence-corrected chi connectivity index (χ3v) is 13.7. The summed E-state index contributed by atoms with van der Waals surface area (Å²) in [5.74, 6) is 0. The number of hydrogen-bond acceptors (Lipinski definition) is 1. The van der Waals surface area contributed by atoms with Crippen LogP contribution in [0.5, 0.6) is 0 Å². The minimum absolute atomic E-state index is 1.03. The molecule has 1 aromatic heterocycles. The molecular weight excluding hydrogens is 901 g/mol. The maximum absolute atomic E-state index is 3.92. The van der Waals surface area contributed by atoms with E-state index in [1.165, 1.54) is 66.3 Å². The highest BCUT2D eigenvalue weighted by atomic mass is 79.9. The van der Waals surface area contributed by atoms with Crippen molar-refractivity contribution < 1.29 is 0 Å². The molecule has 12 aromatic rings. The second-order valence-corrected chi connectivity index (χ2v) is 18.4. The Morgan fingerprint density at radius 3 is 0.928 bits per heavy atom. The van der Waals surface area contributed by atoms with Crippen LogP contribution in [0.3, 0.4) is 0 Å². The molecule has 326 valence electrons. The SMILES string of the molecule is Brc1cc(-c2ccc(N(c3ccc(-c4ccccc4)cc3)c3ccc(-c4ccccc4)cc3)cc2)cc(-c2ccc3c(c2)c2cc(-c4ccccc4)ccc2n3-c2ccc(-c3ccccc3)cc2)c1. The lowest BCUT2D eigenvalue weighted by atomic mass is 9.97. The molecule has 2 nitrogen and oxygen atoms in total. The van der Waals surface area contributed by atoms with Crippen LogP contribution in [0.15, 0.2) is 277 Å². The molecule has 0 aliphatic carbocycles. The Bertz CT molecular complexity index is 3630. The van der Waals surface area contributed by atoms with E-state index < -0.39 is 0 Å². The van der Waals surface area contributed by atoms with Crippen LogP contribution in [-0.4, -0.2) is 4.57 Å². The summed E-state index contributed by atoms with van der Waals surface area (Å²) in [6.07, 6.45) is 0. The van der Waals surface area contributed by atoms with Gasteiger partial charge in [-0.25, -0.2) is 0 Å². The predicted octanol–water partition coefficient (Wildman–Crippen LogP) is 19.0. The van der Waals surface area contributed by atoms with Crippen molar-refractivity contribution in [3.63, 3.8) is 0 Å². The van der Waals surface area contributed by atoms with Gasteiger partial charge in [0, 0.05) is 38.0 Å². The summed E-state index contributed by atoms with van der Waals surface area (Å²) in [5, 5.41) is 2.44.